The second-order valence-corrected chi connectivity index (χ2v) is 8.93. The molecule has 0 bridgehead atoms. The summed E-state index contributed by atoms with van der Waals surface area (Å²) in [5.41, 5.74) is 11.9. The van der Waals surface area contributed by atoms with E-state index < -0.39 is 60.2 Å². The summed E-state index contributed by atoms with van der Waals surface area (Å²) in [7, 11) is 0. The minimum absolute atomic E-state index is 0.0569. The second-order valence-electron chi connectivity index (χ2n) is 8.93. The number of nitrogens with zero attached hydrogens (tertiary/aromatic N) is 1. The second kappa shape index (κ2) is 16.3. The Labute approximate surface area is 215 Å². The lowest BCUT2D eigenvalue weighted by Gasteiger charge is -2.26. The van der Waals surface area contributed by atoms with Gasteiger partial charge in [0.1, 0.15) is 18.1 Å². The maximum absolute atomic E-state index is 13.1. The molecule has 14 nitrogen and oxygen atoms in total. The predicted octanol–water partition coefficient (Wildman–Crippen LogP) is -1.14. The van der Waals surface area contributed by atoms with Crippen LogP contribution >= 0.6 is 0 Å². The fourth-order valence-electron chi connectivity index (χ4n) is 3.44. The molecule has 0 aromatic carbocycles. The van der Waals surface area contributed by atoms with E-state index in [1.807, 2.05) is 6.92 Å². The Morgan fingerprint density at radius 2 is 1.59 bits per heavy atom. The van der Waals surface area contributed by atoms with Crippen LogP contribution in [0.1, 0.15) is 58.1 Å². The minimum Gasteiger partial charge on any atom is -0.481 e. The summed E-state index contributed by atoms with van der Waals surface area (Å²) >= 11 is 0. The van der Waals surface area contributed by atoms with Gasteiger partial charge in [0.05, 0.1) is 12.4 Å². The molecule has 5 unspecified atom stereocenters. The van der Waals surface area contributed by atoms with Crippen molar-refractivity contribution in [2.45, 2.75) is 83.0 Å². The van der Waals surface area contributed by atoms with E-state index in [9.17, 15) is 29.1 Å². The summed E-state index contributed by atoms with van der Waals surface area (Å²) in [6.45, 7) is 4.00. The molecule has 208 valence electrons. The maximum Gasteiger partial charge on any atom is 0.326 e. The summed E-state index contributed by atoms with van der Waals surface area (Å²) < 4.78 is 0. The number of unbranched alkanes of at least 4 members (excludes halogenated alkanes) is 1. The number of H-pyrrole nitrogens is 1. The van der Waals surface area contributed by atoms with E-state index in [0.29, 0.717) is 31.5 Å². The molecule has 3 amide bonds. The molecule has 1 aromatic rings. The number of carbonyl (C=O) groups excluding carboxylic acids is 3. The fourth-order valence-corrected chi connectivity index (χ4v) is 3.44. The molecule has 37 heavy (non-hydrogen) atoms. The van der Waals surface area contributed by atoms with Gasteiger partial charge < -0.3 is 42.6 Å². The van der Waals surface area contributed by atoms with Gasteiger partial charge in [-0.25, -0.2) is 9.78 Å². The Morgan fingerprint density at radius 3 is 2.14 bits per heavy atom. The van der Waals surface area contributed by atoms with Crippen molar-refractivity contribution in [3.8, 4) is 0 Å². The van der Waals surface area contributed by atoms with Gasteiger partial charge in [0.15, 0.2) is 0 Å². The fraction of sp³-hybridized carbons (Fsp3) is 0.652. The van der Waals surface area contributed by atoms with Gasteiger partial charge in [0, 0.05) is 24.7 Å². The van der Waals surface area contributed by atoms with Crippen LogP contribution in [0.4, 0.5) is 0 Å². The van der Waals surface area contributed by atoms with Crippen molar-refractivity contribution in [1.29, 1.82) is 0 Å². The number of nitrogens with two attached hydrogens (primary N) is 2. The van der Waals surface area contributed by atoms with E-state index in [0.717, 1.165) is 0 Å². The highest BCUT2D eigenvalue weighted by molar-refractivity contribution is 5.94. The van der Waals surface area contributed by atoms with Gasteiger partial charge in [-0.15, -0.1) is 0 Å². The first-order valence-electron chi connectivity index (χ1n) is 12.3. The standard InChI is InChI=1S/C23H39N7O7/c1-3-13(2)19(25)22(35)28-15(7-8-18(31)32)20(33)30-17(10-14-11-26-12-27-14)21(34)29-16(23(36)37)6-4-5-9-24/h11-13,15-17,19H,3-10,24-25H2,1-2H3,(H,26,27)(H,28,35)(H,29,34)(H,30,33)(H,31,32)(H,36,37). The van der Waals surface area contributed by atoms with Crippen LogP contribution in [0.15, 0.2) is 12.5 Å². The molecular weight excluding hydrogens is 486 g/mol. The number of aromatic nitrogens is 2. The molecule has 0 aliphatic rings. The number of carboxylic acid groups (broad SMARTS) is 2. The Morgan fingerprint density at radius 1 is 0.973 bits per heavy atom. The lowest BCUT2D eigenvalue weighted by Crippen LogP contribution is -2.58. The Balaban J connectivity index is 3.08. The average molecular weight is 526 g/mol. The van der Waals surface area contributed by atoms with Crippen molar-refractivity contribution in [3.05, 3.63) is 18.2 Å². The van der Waals surface area contributed by atoms with Gasteiger partial charge in [0.2, 0.25) is 17.7 Å². The van der Waals surface area contributed by atoms with E-state index in [4.69, 9.17) is 16.6 Å². The van der Waals surface area contributed by atoms with Crippen molar-refractivity contribution >= 4 is 29.7 Å². The smallest absolute Gasteiger partial charge is 0.326 e. The van der Waals surface area contributed by atoms with Crippen LogP contribution in [-0.2, 0) is 30.4 Å². The number of carbonyl (C=O) groups is 5. The quantitative estimate of drug-likeness (QED) is 0.107. The molecule has 0 saturated carbocycles. The van der Waals surface area contributed by atoms with E-state index in [1.54, 1.807) is 6.92 Å². The van der Waals surface area contributed by atoms with Crippen LogP contribution in [0, 0.1) is 5.92 Å². The third kappa shape index (κ3) is 11.4. The zero-order valence-corrected chi connectivity index (χ0v) is 21.2. The average Bonchev–Trinajstić information content (AvgIpc) is 3.37. The Bertz CT molecular complexity index is 894. The number of aliphatic carboxylic acids is 2. The van der Waals surface area contributed by atoms with Crippen molar-refractivity contribution in [2.75, 3.05) is 6.54 Å². The molecule has 5 atom stereocenters. The first-order valence-corrected chi connectivity index (χ1v) is 12.3. The van der Waals surface area contributed by atoms with Crippen molar-refractivity contribution in [3.63, 3.8) is 0 Å². The monoisotopic (exact) mass is 525 g/mol. The zero-order chi connectivity index (χ0) is 28.0. The highest BCUT2D eigenvalue weighted by Gasteiger charge is 2.31. The molecule has 0 aliphatic carbocycles. The molecule has 14 heteroatoms. The first kappa shape index (κ1) is 31.5. The zero-order valence-electron chi connectivity index (χ0n) is 21.2. The highest BCUT2D eigenvalue weighted by atomic mass is 16.4. The number of aromatic amines is 1. The number of imidazole rings is 1. The summed E-state index contributed by atoms with van der Waals surface area (Å²) in [5, 5.41) is 26.0. The lowest BCUT2D eigenvalue weighted by molar-refractivity contribution is -0.142. The molecular formula is C23H39N7O7. The maximum atomic E-state index is 13.1. The van der Waals surface area contributed by atoms with Crippen molar-refractivity contribution < 1.29 is 34.2 Å². The lowest BCUT2D eigenvalue weighted by atomic mass is 9.98. The van der Waals surface area contributed by atoms with Crippen molar-refractivity contribution in [1.82, 2.24) is 25.9 Å². The number of carboxylic acids is 2. The largest absolute Gasteiger partial charge is 0.481 e. The molecule has 1 aromatic heterocycles. The summed E-state index contributed by atoms with van der Waals surface area (Å²) in [6, 6.07) is -4.64. The number of hydrogen-bond donors (Lipinski definition) is 8. The number of rotatable bonds is 18. The highest BCUT2D eigenvalue weighted by Crippen LogP contribution is 2.09. The summed E-state index contributed by atoms with van der Waals surface area (Å²) in [4.78, 5) is 68.2. The van der Waals surface area contributed by atoms with Crippen molar-refractivity contribution in [2.24, 2.45) is 17.4 Å². The summed E-state index contributed by atoms with van der Waals surface area (Å²) in [5.74, 6) is -4.78. The number of hydrogen-bond acceptors (Lipinski definition) is 8. The van der Waals surface area contributed by atoms with Gasteiger partial charge in [-0.1, -0.05) is 20.3 Å². The van der Waals surface area contributed by atoms with Gasteiger partial charge in [-0.2, -0.15) is 0 Å². The SMILES string of the molecule is CCC(C)C(N)C(=O)NC(CCC(=O)O)C(=O)NC(Cc1cnc[nH]1)C(=O)NC(CCCCN)C(=O)O. The van der Waals surface area contributed by atoms with Crippen LogP contribution in [-0.4, -0.2) is 80.6 Å². The van der Waals surface area contributed by atoms with Gasteiger partial charge in [0.25, 0.3) is 0 Å². The molecule has 0 saturated heterocycles. The van der Waals surface area contributed by atoms with E-state index in [-0.39, 0.29) is 25.2 Å². The number of nitrogens with one attached hydrogen (secondary N) is 4. The third-order valence-corrected chi connectivity index (χ3v) is 6.01. The molecule has 1 rings (SSSR count). The predicted molar refractivity (Wildman–Crippen MR) is 133 cm³/mol. The van der Waals surface area contributed by atoms with E-state index in [2.05, 4.69) is 25.9 Å². The summed E-state index contributed by atoms with van der Waals surface area (Å²) in [6.07, 6.45) is 3.92. The van der Waals surface area contributed by atoms with Gasteiger partial charge in [-0.3, -0.25) is 19.2 Å². The normalized spacial score (nSPS) is 15.0. The molecule has 0 aliphatic heterocycles. The molecule has 10 N–H and O–H groups in total. The van der Waals surface area contributed by atoms with Crippen LogP contribution < -0.4 is 27.4 Å². The Hall–Kier alpha value is -3.52. The first-order chi connectivity index (χ1) is 17.5. The van der Waals surface area contributed by atoms with Crippen LogP contribution in [0.5, 0.6) is 0 Å². The van der Waals surface area contributed by atoms with E-state index >= 15 is 0 Å². The Kier molecular flexibility index (Phi) is 13.9. The molecule has 0 spiro atoms. The topological polar surface area (TPSA) is 243 Å². The van der Waals surface area contributed by atoms with Gasteiger partial charge in [-0.05, 0) is 38.1 Å². The molecule has 0 fully saturated rings. The minimum atomic E-state index is -1.28. The molecule has 1 heterocycles. The third-order valence-electron chi connectivity index (χ3n) is 6.01. The van der Waals surface area contributed by atoms with E-state index in [1.165, 1.54) is 12.5 Å². The number of amides is 3. The van der Waals surface area contributed by atoms with Crippen LogP contribution in [0.3, 0.4) is 0 Å². The van der Waals surface area contributed by atoms with Crippen LogP contribution in [0.25, 0.3) is 0 Å². The van der Waals surface area contributed by atoms with Crippen LogP contribution in [0.2, 0.25) is 0 Å². The van der Waals surface area contributed by atoms with Gasteiger partial charge >= 0.3 is 11.9 Å². The molecule has 0 radical (unpaired) electrons.